The van der Waals surface area contributed by atoms with Crippen LogP contribution in [0.25, 0.3) is 0 Å². The van der Waals surface area contributed by atoms with E-state index >= 15 is 0 Å². The first-order chi connectivity index (χ1) is 5.42. The lowest BCUT2D eigenvalue weighted by Gasteiger charge is -2.09. The number of methoxy groups -OCH3 is 1. The Kier molecular flexibility index (Phi) is 1.92. The second-order valence-corrected chi connectivity index (χ2v) is 3.79. The molecule has 1 unspecified atom stereocenters. The van der Waals surface area contributed by atoms with Crippen molar-refractivity contribution in [2.24, 2.45) is 5.92 Å². The molecule has 0 N–H and O–H groups in total. The molecule has 1 saturated carbocycles. The van der Waals surface area contributed by atoms with Crippen molar-refractivity contribution in [3.8, 4) is 0 Å². The van der Waals surface area contributed by atoms with Gasteiger partial charge in [-0.15, -0.1) is 11.3 Å². The molecular formula is C8H11NOS. The lowest BCUT2D eigenvalue weighted by Crippen LogP contribution is -2.02. The van der Waals surface area contributed by atoms with Crippen LogP contribution >= 0.6 is 11.3 Å². The summed E-state index contributed by atoms with van der Waals surface area (Å²) in [5.74, 6) is 0.742. The van der Waals surface area contributed by atoms with Gasteiger partial charge in [-0.05, 0) is 18.8 Å². The maximum atomic E-state index is 5.37. The highest BCUT2D eigenvalue weighted by molar-refractivity contribution is 7.09. The predicted octanol–water partition coefficient (Wildman–Crippen LogP) is 2.24. The quantitative estimate of drug-likeness (QED) is 0.692. The molecule has 1 aromatic heterocycles. The van der Waals surface area contributed by atoms with E-state index in [1.807, 2.05) is 11.6 Å². The third kappa shape index (κ3) is 1.44. The SMILES string of the molecule is COC(c1nccs1)C1CC1. The molecule has 0 spiro atoms. The molecule has 1 aromatic rings. The zero-order valence-corrected chi connectivity index (χ0v) is 7.30. The maximum Gasteiger partial charge on any atom is 0.122 e. The maximum absolute atomic E-state index is 5.37. The minimum absolute atomic E-state index is 0.273. The van der Waals surface area contributed by atoms with Crippen LogP contribution in [0, 0.1) is 5.92 Å². The Balaban J connectivity index is 2.11. The Morgan fingerprint density at radius 1 is 1.73 bits per heavy atom. The van der Waals surface area contributed by atoms with E-state index in [1.54, 1.807) is 18.4 Å². The average molecular weight is 169 g/mol. The highest BCUT2D eigenvalue weighted by Crippen LogP contribution is 2.43. The van der Waals surface area contributed by atoms with Gasteiger partial charge in [0, 0.05) is 18.7 Å². The number of hydrogen-bond donors (Lipinski definition) is 0. The highest BCUT2D eigenvalue weighted by Gasteiger charge is 2.33. The van der Waals surface area contributed by atoms with Gasteiger partial charge in [0.25, 0.3) is 0 Å². The Bertz CT molecular complexity index is 218. The first kappa shape index (κ1) is 7.25. The summed E-state index contributed by atoms with van der Waals surface area (Å²) < 4.78 is 5.37. The molecule has 0 aliphatic heterocycles. The number of rotatable bonds is 3. The van der Waals surface area contributed by atoms with E-state index in [0.29, 0.717) is 0 Å². The molecule has 3 heteroatoms. The van der Waals surface area contributed by atoms with Crippen molar-refractivity contribution < 1.29 is 4.74 Å². The molecule has 2 nitrogen and oxygen atoms in total. The molecule has 1 aliphatic carbocycles. The van der Waals surface area contributed by atoms with Crippen LogP contribution in [0.1, 0.15) is 24.0 Å². The van der Waals surface area contributed by atoms with E-state index in [2.05, 4.69) is 4.98 Å². The van der Waals surface area contributed by atoms with E-state index in [-0.39, 0.29) is 6.10 Å². The van der Waals surface area contributed by atoms with Crippen LogP contribution in [0.2, 0.25) is 0 Å². The van der Waals surface area contributed by atoms with Gasteiger partial charge < -0.3 is 4.74 Å². The molecule has 1 aliphatic rings. The van der Waals surface area contributed by atoms with E-state index < -0.39 is 0 Å². The van der Waals surface area contributed by atoms with Crippen molar-refractivity contribution >= 4 is 11.3 Å². The van der Waals surface area contributed by atoms with E-state index in [0.717, 1.165) is 10.9 Å². The number of hydrogen-bond acceptors (Lipinski definition) is 3. The summed E-state index contributed by atoms with van der Waals surface area (Å²) in [7, 11) is 1.77. The standard InChI is InChI=1S/C8H11NOS/c1-10-7(6-2-3-6)8-9-4-5-11-8/h4-7H,2-3H2,1H3. The zero-order valence-electron chi connectivity index (χ0n) is 6.49. The molecule has 0 radical (unpaired) electrons. The Morgan fingerprint density at radius 3 is 3.00 bits per heavy atom. The smallest absolute Gasteiger partial charge is 0.122 e. The van der Waals surface area contributed by atoms with Crippen molar-refractivity contribution in [1.29, 1.82) is 0 Å². The van der Waals surface area contributed by atoms with Gasteiger partial charge in [0.2, 0.25) is 0 Å². The van der Waals surface area contributed by atoms with Gasteiger partial charge >= 0.3 is 0 Å². The lowest BCUT2D eigenvalue weighted by molar-refractivity contribution is 0.0844. The fourth-order valence-corrected chi connectivity index (χ4v) is 2.07. The van der Waals surface area contributed by atoms with Crippen LogP contribution in [0.3, 0.4) is 0 Å². The molecule has 0 aromatic carbocycles. The molecule has 60 valence electrons. The summed E-state index contributed by atoms with van der Waals surface area (Å²) >= 11 is 1.69. The van der Waals surface area contributed by atoms with Crippen LogP contribution < -0.4 is 0 Å². The Hall–Kier alpha value is -0.410. The summed E-state index contributed by atoms with van der Waals surface area (Å²) in [6.07, 6.45) is 4.72. The van der Waals surface area contributed by atoms with Gasteiger partial charge in [-0.3, -0.25) is 0 Å². The highest BCUT2D eigenvalue weighted by atomic mass is 32.1. The second kappa shape index (κ2) is 2.91. The summed E-state index contributed by atoms with van der Waals surface area (Å²) in [5, 5.41) is 3.14. The van der Waals surface area contributed by atoms with Crippen molar-refractivity contribution in [2.75, 3.05) is 7.11 Å². The number of nitrogens with zero attached hydrogens (tertiary/aromatic N) is 1. The van der Waals surface area contributed by atoms with Crippen molar-refractivity contribution in [1.82, 2.24) is 4.98 Å². The number of aromatic nitrogens is 1. The number of thiazole rings is 1. The Morgan fingerprint density at radius 2 is 2.55 bits per heavy atom. The van der Waals surface area contributed by atoms with Crippen LogP contribution in [-0.2, 0) is 4.74 Å². The molecule has 0 bridgehead atoms. The van der Waals surface area contributed by atoms with Crippen LogP contribution in [-0.4, -0.2) is 12.1 Å². The summed E-state index contributed by atoms with van der Waals surface area (Å²) in [6, 6.07) is 0. The van der Waals surface area contributed by atoms with Crippen LogP contribution in [0.15, 0.2) is 11.6 Å². The topological polar surface area (TPSA) is 22.1 Å². The van der Waals surface area contributed by atoms with Crippen molar-refractivity contribution in [3.05, 3.63) is 16.6 Å². The van der Waals surface area contributed by atoms with Gasteiger partial charge in [-0.25, -0.2) is 4.98 Å². The zero-order chi connectivity index (χ0) is 7.68. The summed E-state index contributed by atoms with van der Waals surface area (Å²) in [6.45, 7) is 0. The van der Waals surface area contributed by atoms with Crippen molar-refractivity contribution in [3.63, 3.8) is 0 Å². The van der Waals surface area contributed by atoms with Crippen LogP contribution in [0.5, 0.6) is 0 Å². The molecular weight excluding hydrogens is 158 g/mol. The van der Waals surface area contributed by atoms with Gasteiger partial charge in [-0.2, -0.15) is 0 Å². The van der Waals surface area contributed by atoms with E-state index in [9.17, 15) is 0 Å². The average Bonchev–Trinajstić information content (AvgIpc) is 2.68. The van der Waals surface area contributed by atoms with Crippen molar-refractivity contribution in [2.45, 2.75) is 18.9 Å². The van der Waals surface area contributed by atoms with E-state index in [1.165, 1.54) is 12.8 Å². The first-order valence-corrected chi connectivity index (χ1v) is 4.72. The fourth-order valence-electron chi connectivity index (χ4n) is 1.27. The molecule has 0 amide bonds. The fraction of sp³-hybridized carbons (Fsp3) is 0.625. The minimum atomic E-state index is 0.273. The molecule has 11 heavy (non-hydrogen) atoms. The molecule has 1 atom stereocenters. The molecule has 0 saturated heterocycles. The largest absolute Gasteiger partial charge is 0.374 e. The second-order valence-electron chi connectivity index (χ2n) is 2.86. The normalized spacial score (nSPS) is 20.1. The van der Waals surface area contributed by atoms with Crippen LogP contribution in [0.4, 0.5) is 0 Å². The molecule has 1 fully saturated rings. The Labute approximate surface area is 70.2 Å². The number of ether oxygens (including phenoxy) is 1. The lowest BCUT2D eigenvalue weighted by atomic mass is 10.2. The van der Waals surface area contributed by atoms with Gasteiger partial charge in [-0.1, -0.05) is 0 Å². The summed E-state index contributed by atoms with van der Waals surface area (Å²) in [5.41, 5.74) is 0. The van der Waals surface area contributed by atoms with Gasteiger partial charge in [0.05, 0.1) is 0 Å². The van der Waals surface area contributed by atoms with Gasteiger partial charge in [0.15, 0.2) is 0 Å². The third-order valence-corrected chi connectivity index (χ3v) is 2.84. The van der Waals surface area contributed by atoms with E-state index in [4.69, 9.17) is 4.74 Å². The minimum Gasteiger partial charge on any atom is -0.374 e. The third-order valence-electron chi connectivity index (χ3n) is 2.00. The monoisotopic (exact) mass is 169 g/mol. The van der Waals surface area contributed by atoms with Gasteiger partial charge in [0.1, 0.15) is 11.1 Å². The molecule has 2 rings (SSSR count). The summed E-state index contributed by atoms with van der Waals surface area (Å²) in [4.78, 5) is 4.24. The first-order valence-electron chi connectivity index (χ1n) is 3.84. The molecule has 1 heterocycles. The predicted molar refractivity (Wildman–Crippen MR) is 44.6 cm³/mol.